The molecular formula is C18H15N3O3S2. The number of thioether (sulfide) groups is 1. The minimum absolute atomic E-state index is 0.0228. The molecule has 0 saturated carbocycles. The Kier molecular flexibility index (Phi) is 5.65. The number of nitrogens with zero attached hydrogens (tertiary/aromatic N) is 2. The summed E-state index contributed by atoms with van der Waals surface area (Å²) in [6.07, 6.45) is 0. The smallest absolute Gasteiger partial charge is 0.282 e. The molecule has 0 unspecified atom stereocenters. The van der Waals surface area contributed by atoms with E-state index in [1.54, 1.807) is 17.8 Å². The normalized spacial score (nSPS) is 10.5. The maximum atomic E-state index is 12.6. The molecule has 0 fully saturated rings. The summed E-state index contributed by atoms with van der Waals surface area (Å²) < 4.78 is 0.837. The highest BCUT2D eigenvalue weighted by atomic mass is 32.2. The molecule has 0 saturated heterocycles. The number of aromatic nitrogens is 1. The zero-order valence-corrected chi connectivity index (χ0v) is 15.5. The number of hydrogen-bond donors (Lipinski definition) is 1. The van der Waals surface area contributed by atoms with Crippen molar-refractivity contribution in [1.82, 2.24) is 4.98 Å². The van der Waals surface area contributed by atoms with Crippen molar-refractivity contribution in [3.8, 4) is 11.3 Å². The molecule has 3 rings (SSSR count). The molecule has 1 aromatic heterocycles. The lowest BCUT2D eigenvalue weighted by molar-refractivity contribution is -0.385. The summed E-state index contributed by atoms with van der Waals surface area (Å²) in [4.78, 5) is 27.9. The third-order valence-corrected chi connectivity index (χ3v) is 5.49. The van der Waals surface area contributed by atoms with Gasteiger partial charge < -0.3 is 5.32 Å². The molecule has 0 bridgehead atoms. The predicted octanol–water partition coefficient (Wildman–Crippen LogP) is 5.08. The van der Waals surface area contributed by atoms with E-state index < -0.39 is 10.8 Å². The van der Waals surface area contributed by atoms with Gasteiger partial charge in [-0.25, -0.2) is 4.98 Å². The van der Waals surface area contributed by atoms with Crippen LogP contribution in [0.4, 0.5) is 10.7 Å². The molecule has 0 spiro atoms. The van der Waals surface area contributed by atoms with E-state index in [4.69, 9.17) is 0 Å². The molecule has 0 atom stereocenters. The highest BCUT2D eigenvalue weighted by Crippen LogP contribution is 2.38. The highest BCUT2D eigenvalue weighted by molar-refractivity contribution is 8.01. The number of benzene rings is 2. The molecule has 132 valence electrons. The van der Waals surface area contributed by atoms with Crippen LogP contribution in [0.3, 0.4) is 0 Å². The molecule has 0 aliphatic heterocycles. The Labute approximate surface area is 158 Å². The number of carbonyl (C=O) groups is 1. The van der Waals surface area contributed by atoms with E-state index in [1.807, 2.05) is 37.3 Å². The second-order valence-corrected chi connectivity index (χ2v) is 7.70. The quantitative estimate of drug-likeness (QED) is 0.363. The van der Waals surface area contributed by atoms with Crippen molar-refractivity contribution in [2.45, 2.75) is 11.3 Å². The first-order valence-electron chi connectivity index (χ1n) is 7.84. The first kappa shape index (κ1) is 18.1. The number of nitro benzene ring substituents is 1. The van der Waals surface area contributed by atoms with Crippen molar-refractivity contribution < 1.29 is 9.72 Å². The maximum Gasteiger partial charge on any atom is 0.282 e. The van der Waals surface area contributed by atoms with Crippen molar-refractivity contribution in [3.05, 3.63) is 70.3 Å². The molecule has 1 heterocycles. The van der Waals surface area contributed by atoms with Crippen molar-refractivity contribution in [2.75, 3.05) is 11.1 Å². The highest BCUT2D eigenvalue weighted by Gasteiger charge is 2.22. The maximum absolute atomic E-state index is 12.6. The number of nitrogens with one attached hydrogen (secondary N) is 1. The summed E-state index contributed by atoms with van der Waals surface area (Å²) in [7, 11) is 0. The third kappa shape index (κ3) is 3.92. The van der Waals surface area contributed by atoms with Crippen LogP contribution in [0.15, 0.2) is 58.9 Å². The second kappa shape index (κ2) is 8.11. The molecular weight excluding hydrogens is 370 g/mol. The van der Waals surface area contributed by atoms with E-state index in [1.165, 1.54) is 29.5 Å². The van der Waals surface area contributed by atoms with Gasteiger partial charge in [0.2, 0.25) is 0 Å². The van der Waals surface area contributed by atoms with Gasteiger partial charge in [0.1, 0.15) is 16.3 Å². The molecule has 1 N–H and O–H groups in total. The van der Waals surface area contributed by atoms with Gasteiger partial charge in [0, 0.05) is 11.6 Å². The number of amides is 1. The minimum atomic E-state index is -0.557. The minimum Gasteiger partial charge on any atom is -0.311 e. The van der Waals surface area contributed by atoms with E-state index in [0.717, 1.165) is 15.7 Å². The topological polar surface area (TPSA) is 85.1 Å². The molecule has 6 nitrogen and oxygen atoms in total. The average molecular weight is 385 g/mol. The van der Waals surface area contributed by atoms with E-state index in [2.05, 4.69) is 10.3 Å². The first-order chi connectivity index (χ1) is 12.6. The fourth-order valence-electron chi connectivity index (χ4n) is 2.36. The second-order valence-electron chi connectivity index (χ2n) is 5.18. The van der Waals surface area contributed by atoms with E-state index in [0.29, 0.717) is 10.7 Å². The Morgan fingerprint density at radius 1 is 1.19 bits per heavy atom. The Balaban J connectivity index is 1.97. The number of nitro groups is 1. The lowest BCUT2D eigenvalue weighted by atomic mass is 10.1. The molecule has 2 aromatic carbocycles. The monoisotopic (exact) mass is 385 g/mol. The summed E-state index contributed by atoms with van der Waals surface area (Å²) >= 11 is 2.95. The van der Waals surface area contributed by atoms with Crippen LogP contribution in [-0.2, 0) is 0 Å². The predicted molar refractivity (Wildman–Crippen MR) is 105 cm³/mol. The summed E-state index contributed by atoms with van der Waals surface area (Å²) in [5.74, 6) is 0.338. The summed E-state index contributed by atoms with van der Waals surface area (Å²) in [5, 5.41) is 14.5. The Hall–Kier alpha value is -2.71. The van der Waals surface area contributed by atoms with Crippen molar-refractivity contribution in [1.29, 1.82) is 0 Å². The molecule has 0 radical (unpaired) electrons. The van der Waals surface area contributed by atoms with Crippen LogP contribution in [0.2, 0.25) is 0 Å². The van der Waals surface area contributed by atoms with Gasteiger partial charge in [-0.2, -0.15) is 0 Å². The largest absolute Gasteiger partial charge is 0.311 e. The van der Waals surface area contributed by atoms with Gasteiger partial charge in [-0.1, -0.05) is 72.5 Å². The van der Waals surface area contributed by atoms with Crippen LogP contribution in [0.1, 0.15) is 17.3 Å². The van der Waals surface area contributed by atoms with Crippen molar-refractivity contribution >= 4 is 39.7 Å². The Morgan fingerprint density at radius 2 is 1.88 bits per heavy atom. The SMILES string of the molecule is CCSc1nc(-c2ccccc2)c(NC(=O)c2ccccc2[N+](=O)[O-])s1. The van der Waals surface area contributed by atoms with Gasteiger partial charge in [-0.3, -0.25) is 14.9 Å². The van der Waals surface area contributed by atoms with Crippen molar-refractivity contribution in [2.24, 2.45) is 0 Å². The number of anilines is 1. The summed E-state index contributed by atoms with van der Waals surface area (Å²) in [5.41, 5.74) is 1.34. The van der Waals surface area contributed by atoms with Crippen LogP contribution in [0.25, 0.3) is 11.3 Å². The molecule has 0 aliphatic rings. The van der Waals surface area contributed by atoms with Gasteiger partial charge in [0.05, 0.1) is 4.92 Å². The summed E-state index contributed by atoms with van der Waals surface area (Å²) in [6, 6.07) is 15.4. The molecule has 26 heavy (non-hydrogen) atoms. The lowest BCUT2D eigenvalue weighted by Gasteiger charge is -2.06. The number of carbonyl (C=O) groups excluding carboxylic acids is 1. The average Bonchev–Trinajstić information content (AvgIpc) is 3.05. The molecule has 8 heteroatoms. The molecule has 3 aromatic rings. The van der Waals surface area contributed by atoms with Crippen LogP contribution in [-0.4, -0.2) is 21.6 Å². The van der Waals surface area contributed by atoms with Gasteiger partial charge in [-0.15, -0.1) is 0 Å². The van der Waals surface area contributed by atoms with E-state index in [9.17, 15) is 14.9 Å². The zero-order valence-electron chi connectivity index (χ0n) is 13.8. The standard InChI is InChI=1S/C18H15N3O3S2/c1-2-25-18-19-15(12-8-4-3-5-9-12)17(26-18)20-16(22)13-10-6-7-11-14(13)21(23)24/h3-11H,2H2,1H3,(H,20,22). The number of thiazole rings is 1. The van der Waals surface area contributed by atoms with Crippen LogP contribution in [0.5, 0.6) is 0 Å². The van der Waals surface area contributed by atoms with E-state index >= 15 is 0 Å². The number of para-hydroxylation sites is 1. The van der Waals surface area contributed by atoms with Gasteiger partial charge in [-0.05, 0) is 11.8 Å². The van der Waals surface area contributed by atoms with E-state index in [-0.39, 0.29) is 11.3 Å². The Morgan fingerprint density at radius 3 is 2.58 bits per heavy atom. The van der Waals surface area contributed by atoms with Crippen LogP contribution < -0.4 is 5.32 Å². The fourth-order valence-corrected chi connectivity index (χ4v) is 4.31. The lowest BCUT2D eigenvalue weighted by Crippen LogP contribution is -2.13. The van der Waals surface area contributed by atoms with Crippen LogP contribution >= 0.6 is 23.1 Å². The summed E-state index contributed by atoms with van der Waals surface area (Å²) in [6.45, 7) is 2.03. The van der Waals surface area contributed by atoms with Gasteiger partial charge >= 0.3 is 0 Å². The fraction of sp³-hybridized carbons (Fsp3) is 0.111. The molecule has 0 aliphatic carbocycles. The zero-order chi connectivity index (χ0) is 18.5. The van der Waals surface area contributed by atoms with Crippen LogP contribution in [0, 0.1) is 10.1 Å². The number of rotatable bonds is 6. The van der Waals surface area contributed by atoms with Crippen molar-refractivity contribution in [3.63, 3.8) is 0 Å². The Bertz CT molecular complexity index is 942. The van der Waals surface area contributed by atoms with Gasteiger partial charge in [0.25, 0.3) is 11.6 Å². The molecule has 1 amide bonds. The van der Waals surface area contributed by atoms with Gasteiger partial charge in [0.15, 0.2) is 4.34 Å². The number of hydrogen-bond acceptors (Lipinski definition) is 6. The third-order valence-electron chi connectivity index (χ3n) is 3.50. The first-order valence-corrected chi connectivity index (χ1v) is 9.64.